The molecule has 1 aliphatic rings. The van der Waals surface area contributed by atoms with Crippen LogP contribution in [-0.2, 0) is 14.8 Å². The van der Waals surface area contributed by atoms with Crippen LogP contribution in [0.4, 0.5) is 11.4 Å². The highest BCUT2D eigenvalue weighted by Gasteiger charge is 2.29. The second-order valence-electron chi connectivity index (χ2n) is 9.62. The molecule has 13 heteroatoms. The SMILES string of the molecule is O=C(CN1CCN(C(=O)c2ccc(S(=O)(=O)N(Oc3ccc(Cl)c(Cl)c3)c3ccccc3)cc2)CC1)Nc1cccnc1. The number of carbonyl (C=O) groups excluding carboxylic acids is 2. The van der Waals surface area contributed by atoms with Crippen molar-refractivity contribution in [3.8, 4) is 5.75 Å². The number of halogens is 2. The van der Waals surface area contributed by atoms with E-state index < -0.39 is 10.0 Å². The minimum atomic E-state index is -4.22. The van der Waals surface area contributed by atoms with E-state index >= 15 is 0 Å². The largest absolute Gasteiger partial charge is 0.364 e. The first-order valence-electron chi connectivity index (χ1n) is 13.3. The van der Waals surface area contributed by atoms with Crippen LogP contribution in [0, 0.1) is 0 Å². The van der Waals surface area contributed by atoms with Gasteiger partial charge in [0.15, 0.2) is 5.75 Å². The number of aromatic nitrogens is 1. The minimum Gasteiger partial charge on any atom is -0.364 e. The first-order chi connectivity index (χ1) is 20.7. The van der Waals surface area contributed by atoms with Crippen molar-refractivity contribution in [2.45, 2.75) is 4.90 Å². The van der Waals surface area contributed by atoms with Gasteiger partial charge < -0.3 is 15.1 Å². The Hall–Kier alpha value is -4.16. The fraction of sp³-hybridized carbons (Fsp3) is 0.167. The number of anilines is 2. The van der Waals surface area contributed by atoms with Gasteiger partial charge in [-0.2, -0.15) is 8.42 Å². The van der Waals surface area contributed by atoms with Gasteiger partial charge >= 0.3 is 0 Å². The summed E-state index contributed by atoms with van der Waals surface area (Å²) in [7, 11) is -4.22. The number of nitrogens with zero attached hydrogens (tertiary/aromatic N) is 4. The van der Waals surface area contributed by atoms with Crippen LogP contribution in [0.25, 0.3) is 0 Å². The van der Waals surface area contributed by atoms with Crippen LogP contribution in [0.3, 0.4) is 0 Å². The number of pyridine rings is 1. The minimum absolute atomic E-state index is 0.0718. The molecule has 222 valence electrons. The molecule has 0 bridgehead atoms. The summed E-state index contributed by atoms with van der Waals surface area (Å²) in [4.78, 5) is 38.9. The number of sulfonamides is 1. The van der Waals surface area contributed by atoms with Gasteiger partial charge in [-0.15, -0.1) is 0 Å². The molecule has 1 fully saturated rings. The Labute approximate surface area is 259 Å². The Morgan fingerprint density at radius 1 is 0.884 bits per heavy atom. The molecule has 3 aromatic carbocycles. The Balaban J connectivity index is 1.24. The van der Waals surface area contributed by atoms with Crippen molar-refractivity contribution < 1.29 is 22.8 Å². The maximum absolute atomic E-state index is 13.7. The van der Waals surface area contributed by atoms with E-state index in [9.17, 15) is 18.0 Å². The van der Waals surface area contributed by atoms with E-state index in [-0.39, 0.29) is 39.7 Å². The van der Waals surface area contributed by atoms with E-state index in [0.717, 1.165) is 4.47 Å². The number of benzene rings is 3. The number of piperazine rings is 1. The van der Waals surface area contributed by atoms with E-state index in [1.807, 2.05) is 4.90 Å². The van der Waals surface area contributed by atoms with E-state index in [2.05, 4.69) is 10.3 Å². The van der Waals surface area contributed by atoms with E-state index in [0.29, 0.717) is 42.5 Å². The zero-order valence-corrected chi connectivity index (χ0v) is 25.1. The summed E-state index contributed by atoms with van der Waals surface area (Å²) in [6.07, 6.45) is 3.21. The zero-order valence-electron chi connectivity index (χ0n) is 22.8. The lowest BCUT2D eigenvalue weighted by molar-refractivity contribution is -0.117. The molecule has 1 saturated heterocycles. The summed E-state index contributed by atoms with van der Waals surface area (Å²) < 4.78 is 28.2. The molecule has 4 aromatic rings. The second kappa shape index (κ2) is 13.4. The van der Waals surface area contributed by atoms with Crippen LogP contribution in [0.5, 0.6) is 5.75 Å². The highest BCUT2D eigenvalue weighted by atomic mass is 35.5. The van der Waals surface area contributed by atoms with E-state index in [4.69, 9.17) is 28.0 Å². The molecular formula is C30H27Cl2N5O5S. The third-order valence-corrected chi connectivity index (χ3v) is 8.96. The van der Waals surface area contributed by atoms with Gasteiger partial charge in [-0.1, -0.05) is 45.9 Å². The normalized spacial score (nSPS) is 13.8. The lowest BCUT2D eigenvalue weighted by Crippen LogP contribution is -2.50. The highest BCUT2D eigenvalue weighted by molar-refractivity contribution is 7.92. The van der Waals surface area contributed by atoms with Crippen LogP contribution < -0.4 is 14.6 Å². The topological polar surface area (TPSA) is 112 Å². The smallest absolute Gasteiger partial charge is 0.295 e. The van der Waals surface area contributed by atoms with Crippen LogP contribution >= 0.6 is 23.2 Å². The van der Waals surface area contributed by atoms with Crippen LogP contribution in [0.15, 0.2) is 102 Å². The lowest BCUT2D eigenvalue weighted by atomic mass is 10.2. The quantitative estimate of drug-likeness (QED) is 0.257. The lowest BCUT2D eigenvalue weighted by Gasteiger charge is -2.34. The maximum atomic E-state index is 13.7. The molecule has 2 amide bonds. The fourth-order valence-corrected chi connectivity index (χ4v) is 5.96. The molecule has 2 heterocycles. The third kappa shape index (κ3) is 7.44. The van der Waals surface area contributed by atoms with Crippen molar-refractivity contribution in [1.82, 2.24) is 14.8 Å². The summed E-state index contributed by atoms with van der Waals surface area (Å²) in [5.74, 6) is -0.213. The Kier molecular flexibility index (Phi) is 9.46. The first kappa shape index (κ1) is 30.3. The van der Waals surface area contributed by atoms with Crippen molar-refractivity contribution in [2.75, 3.05) is 42.5 Å². The van der Waals surface area contributed by atoms with Gasteiger partial charge in [0, 0.05) is 44.0 Å². The number of hydrogen-bond acceptors (Lipinski definition) is 7. The van der Waals surface area contributed by atoms with Gasteiger partial charge in [-0.3, -0.25) is 19.5 Å². The Morgan fingerprint density at radius 3 is 2.26 bits per heavy atom. The third-order valence-electron chi connectivity index (χ3n) is 6.64. The summed E-state index contributed by atoms with van der Waals surface area (Å²) in [5.41, 5.74) is 1.23. The molecule has 1 aliphatic heterocycles. The molecule has 43 heavy (non-hydrogen) atoms. The van der Waals surface area contributed by atoms with Gasteiger partial charge in [-0.05, 0) is 60.7 Å². The average Bonchev–Trinajstić information content (AvgIpc) is 3.02. The van der Waals surface area contributed by atoms with Gasteiger partial charge in [0.05, 0.1) is 39.1 Å². The van der Waals surface area contributed by atoms with Crippen molar-refractivity contribution >= 4 is 56.4 Å². The zero-order chi connectivity index (χ0) is 30.4. The summed E-state index contributed by atoms with van der Waals surface area (Å²) in [5, 5.41) is 3.32. The molecule has 1 aromatic heterocycles. The predicted octanol–water partition coefficient (Wildman–Crippen LogP) is 4.97. The van der Waals surface area contributed by atoms with E-state index in [1.54, 1.807) is 59.8 Å². The Morgan fingerprint density at radius 2 is 1.60 bits per heavy atom. The molecule has 0 radical (unpaired) electrons. The molecule has 10 nitrogen and oxygen atoms in total. The summed E-state index contributed by atoms with van der Waals surface area (Å²) in [6.45, 7) is 2.11. The van der Waals surface area contributed by atoms with Gasteiger partial charge in [-0.25, -0.2) is 0 Å². The molecule has 5 rings (SSSR count). The number of nitrogens with one attached hydrogen (secondary N) is 1. The highest BCUT2D eigenvalue weighted by Crippen LogP contribution is 2.30. The maximum Gasteiger partial charge on any atom is 0.295 e. The second-order valence-corrected chi connectivity index (χ2v) is 12.2. The molecule has 1 N–H and O–H groups in total. The van der Waals surface area contributed by atoms with E-state index in [1.165, 1.54) is 42.5 Å². The van der Waals surface area contributed by atoms with Crippen molar-refractivity contribution in [2.24, 2.45) is 0 Å². The number of carbonyl (C=O) groups is 2. The van der Waals surface area contributed by atoms with Crippen LogP contribution in [0.2, 0.25) is 10.0 Å². The van der Waals surface area contributed by atoms with Crippen molar-refractivity contribution in [3.63, 3.8) is 0 Å². The molecule has 0 atom stereocenters. The summed E-state index contributed by atoms with van der Waals surface area (Å²) in [6, 6.07) is 21.9. The van der Waals surface area contributed by atoms with Gasteiger partial charge in [0.1, 0.15) is 0 Å². The van der Waals surface area contributed by atoms with Crippen molar-refractivity contribution in [3.05, 3.63) is 113 Å². The number of rotatable bonds is 9. The summed E-state index contributed by atoms with van der Waals surface area (Å²) >= 11 is 12.1. The first-order valence-corrected chi connectivity index (χ1v) is 15.5. The molecule has 0 spiro atoms. The average molecular weight is 641 g/mol. The number of hydrogen-bond donors (Lipinski definition) is 1. The molecular weight excluding hydrogens is 613 g/mol. The van der Waals surface area contributed by atoms with Crippen molar-refractivity contribution in [1.29, 1.82) is 0 Å². The monoisotopic (exact) mass is 639 g/mol. The van der Waals surface area contributed by atoms with Gasteiger partial charge in [0.25, 0.3) is 15.9 Å². The van der Waals surface area contributed by atoms with Crippen LogP contribution in [0.1, 0.15) is 10.4 Å². The fourth-order valence-electron chi connectivity index (χ4n) is 4.42. The predicted molar refractivity (Wildman–Crippen MR) is 165 cm³/mol. The number of para-hydroxylation sites is 1. The molecule has 0 unspecified atom stereocenters. The molecule has 0 aliphatic carbocycles. The van der Waals surface area contributed by atoms with Crippen LogP contribution in [-0.4, -0.2) is 67.7 Å². The standard InChI is InChI=1S/C30H27Cl2N5O5S/c31-27-13-10-25(19-28(27)32)42-37(24-6-2-1-3-7-24)43(40,41)26-11-8-22(9-12-26)30(39)36-17-15-35(16-18-36)21-29(38)34-23-5-4-14-33-20-23/h1-14,19-20H,15-18,21H2,(H,34,38). The number of amides is 2. The molecule has 0 saturated carbocycles. The van der Waals surface area contributed by atoms with Gasteiger partial charge in [0.2, 0.25) is 5.91 Å². The Bertz CT molecular complexity index is 1690.